The summed E-state index contributed by atoms with van der Waals surface area (Å²) in [6, 6.07) is 14.4. The molecule has 0 aliphatic heterocycles. The van der Waals surface area contributed by atoms with Gasteiger partial charge in [-0.2, -0.15) is 0 Å². The molecule has 32 heavy (non-hydrogen) atoms. The van der Waals surface area contributed by atoms with Crippen LogP contribution in [-0.2, 0) is 11.3 Å². The summed E-state index contributed by atoms with van der Waals surface area (Å²) < 4.78 is 3.56. The average Bonchev–Trinajstić information content (AvgIpc) is 3.21. The average molecular weight is 470 g/mol. The smallest absolute Gasteiger partial charge is 0.262 e. The van der Waals surface area contributed by atoms with Crippen molar-refractivity contribution in [1.82, 2.24) is 19.2 Å². The number of aromatic nitrogens is 4. The van der Waals surface area contributed by atoms with Crippen molar-refractivity contribution in [2.75, 3.05) is 5.32 Å². The standard InChI is InChI=1S/C23H24ClN5O2S/c1-3-4-7-14-28-21(31)18-8-5-6-9-19(18)29-22(28)26-27-23(29)32-15(2)20(30)25-17-12-10-16(24)11-13-17/h5-6,8-13,15H,3-4,7,14H2,1-2H3,(H,25,30). The predicted molar refractivity (Wildman–Crippen MR) is 130 cm³/mol. The van der Waals surface area contributed by atoms with Crippen LogP contribution in [-0.4, -0.2) is 30.3 Å². The van der Waals surface area contributed by atoms with Gasteiger partial charge in [0.1, 0.15) is 0 Å². The molecule has 1 atom stereocenters. The van der Waals surface area contributed by atoms with Crippen molar-refractivity contribution >= 4 is 51.6 Å². The number of anilines is 1. The summed E-state index contributed by atoms with van der Waals surface area (Å²) in [6.07, 6.45) is 2.98. The van der Waals surface area contributed by atoms with E-state index in [0.29, 0.717) is 33.6 Å². The van der Waals surface area contributed by atoms with E-state index >= 15 is 0 Å². The minimum Gasteiger partial charge on any atom is -0.325 e. The third kappa shape index (κ3) is 4.52. The number of carbonyl (C=O) groups is 1. The zero-order chi connectivity index (χ0) is 22.7. The Labute approximate surface area is 194 Å². The Bertz CT molecular complexity index is 1320. The van der Waals surface area contributed by atoms with Crippen LogP contribution in [0.3, 0.4) is 0 Å². The molecule has 0 radical (unpaired) electrons. The Morgan fingerprint density at radius 3 is 2.62 bits per heavy atom. The fourth-order valence-electron chi connectivity index (χ4n) is 3.52. The number of carbonyl (C=O) groups excluding carboxylic acids is 1. The minimum absolute atomic E-state index is 0.0679. The van der Waals surface area contributed by atoms with Gasteiger partial charge in [0, 0.05) is 17.3 Å². The molecule has 2 aromatic heterocycles. The molecule has 1 unspecified atom stereocenters. The van der Waals surface area contributed by atoms with Crippen LogP contribution in [0.25, 0.3) is 16.7 Å². The van der Waals surface area contributed by atoms with Gasteiger partial charge in [0.2, 0.25) is 11.7 Å². The third-order valence-corrected chi connectivity index (χ3v) is 6.52. The molecule has 0 bridgehead atoms. The van der Waals surface area contributed by atoms with E-state index in [1.165, 1.54) is 11.8 Å². The third-order valence-electron chi connectivity index (χ3n) is 5.23. The number of halogens is 1. The lowest BCUT2D eigenvalue weighted by molar-refractivity contribution is -0.115. The zero-order valence-electron chi connectivity index (χ0n) is 17.9. The molecule has 0 fully saturated rings. The van der Waals surface area contributed by atoms with Crippen molar-refractivity contribution in [3.63, 3.8) is 0 Å². The highest BCUT2D eigenvalue weighted by Gasteiger charge is 2.21. The molecule has 166 valence electrons. The van der Waals surface area contributed by atoms with Gasteiger partial charge < -0.3 is 5.32 Å². The van der Waals surface area contributed by atoms with Crippen molar-refractivity contribution in [2.45, 2.75) is 50.1 Å². The van der Waals surface area contributed by atoms with Crippen LogP contribution in [0.4, 0.5) is 5.69 Å². The molecule has 0 saturated heterocycles. The van der Waals surface area contributed by atoms with E-state index in [0.717, 1.165) is 24.8 Å². The van der Waals surface area contributed by atoms with Gasteiger partial charge in [0.15, 0.2) is 5.16 Å². The van der Waals surface area contributed by atoms with Gasteiger partial charge in [-0.3, -0.25) is 18.6 Å². The number of rotatable bonds is 8. The zero-order valence-corrected chi connectivity index (χ0v) is 19.5. The second-order valence-corrected chi connectivity index (χ2v) is 9.30. The molecule has 0 saturated carbocycles. The summed E-state index contributed by atoms with van der Waals surface area (Å²) in [7, 11) is 0. The largest absolute Gasteiger partial charge is 0.325 e. The number of nitrogens with one attached hydrogen (secondary N) is 1. The summed E-state index contributed by atoms with van der Waals surface area (Å²) in [5, 5.41) is 12.9. The van der Waals surface area contributed by atoms with Crippen molar-refractivity contribution in [2.24, 2.45) is 0 Å². The number of hydrogen-bond donors (Lipinski definition) is 1. The molecule has 0 aliphatic carbocycles. The summed E-state index contributed by atoms with van der Waals surface area (Å²) >= 11 is 7.22. The maximum atomic E-state index is 13.1. The highest BCUT2D eigenvalue weighted by molar-refractivity contribution is 8.00. The Balaban J connectivity index is 1.67. The SMILES string of the molecule is CCCCCn1c(=O)c2ccccc2n2c(SC(C)C(=O)Nc3ccc(Cl)cc3)nnc12. The van der Waals surface area contributed by atoms with Gasteiger partial charge in [0.25, 0.3) is 5.56 Å². The first-order chi connectivity index (χ1) is 15.5. The van der Waals surface area contributed by atoms with E-state index in [1.54, 1.807) is 28.8 Å². The lowest BCUT2D eigenvalue weighted by atomic mass is 10.2. The number of benzene rings is 2. The quantitative estimate of drug-likeness (QED) is 0.290. The molecule has 9 heteroatoms. The first-order valence-electron chi connectivity index (χ1n) is 10.6. The fraction of sp³-hybridized carbons (Fsp3) is 0.304. The van der Waals surface area contributed by atoms with E-state index < -0.39 is 5.25 Å². The van der Waals surface area contributed by atoms with Gasteiger partial charge in [0.05, 0.1) is 16.2 Å². The van der Waals surface area contributed by atoms with E-state index in [4.69, 9.17) is 11.6 Å². The fourth-order valence-corrected chi connectivity index (χ4v) is 4.50. The van der Waals surface area contributed by atoms with E-state index in [2.05, 4.69) is 22.4 Å². The van der Waals surface area contributed by atoms with E-state index in [1.807, 2.05) is 35.6 Å². The topological polar surface area (TPSA) is 81.3 Å². The van der Waals surface area contributed by atoms with Crippen molar-refractivity contribution < 1.29 is 4.79 Å². The maximum Gasteiger partial charge on any atom is 0.262 e. The number of amides is 1. The van der Waals surface area contributed by atoms with Crippen LogP contribution in [0.15, 0.2) is 58.5 Å². The molecular formula is C23H24ClN5O2S. The maximum absolute atomic E-state index is 13.1. The molecule has 1 amide bonds. The number of fused-ring (bicyclic) bond motifs is 3. The van der Waals surface area contributed by atoms with Crippen LogP contribution in [0.1, 0.15) is 33.1 Å². The molecule has 4 rings (SSSR count). The van der Waals surface area contributed by atoms with Crippen LogP contribution in [0, 0.1) is 0 Å². The molecule has 2 heterocycles. The number of hydrogen-bond acceptors (Lipinski definition) is 5. The lowest BCUT2D eigenvalue weighted by Gasteiger charge is -2.13. The molecule has 0 spiro atoms. The number of thioether (sulfide) groups is 1. The normalized spacial score (nSPS) is 12.3. The van der Waals surface area contributed by atoms with E-state index in [-0.39, 0.29) is 11.5 Å². The van der Waals surface area contributed by atoms with Crippen molar-refractivity contribution in [3.05, 3.63) is 63.9 Å². The number of nitrogens with zero attached hydrogens (tertiary/aromatic N) is 4. The Morgan fingerprint density at radius 1 is 1.12 bits per heavy atom. The van der Waals surface area contributed by atoms with Gasteiger partial charge in [-0.15, -0.1) is 10.2 Å². The first-order valence-corrected chi connectivity index (χ1v) is 11.8. The lowest BCUT2D eigenvalue weighted by Crippen LogP contribution is -2.24. The minimum atomic E-state index is -0.433. The van der Waals surface area contributed by atoms with E-state index in [9.17, 15) is 9.59 Å². The molecule has 1 N–H and O–H groups in total. The van der Waals surface area contributed by atoms with Crippen molar-refractivity contribution in [3.8, 4) is 0 Å². The molecule has 2 aromatic carbocycles. The molecule has 4 aromatic rings. The van der Waals surface area contributed by atoms with Crippen LogP contribution < -0.4 is 10.9 Å². The number of para-hydroxylation sites is 1. The molecular weight excluding hydrogens is 446 g/mol. The van der Waals surface area contributed by atoms with Crippen molar-refractivity contribution in [1.29, 1.82) is 0 Å². The molecule has 7 nitrogen and oxygen atoms in total. The summed E-state index contributed by atoms with van der Waals surface area (Å²) in [5.41, 5.74) is 1.34. The number of aryl methyl sites for hydroxylation is 1. The van der Waals surface area contributed by atoms with Crippen LogP contribution in [0.2, 0.25) is 5.02 Å². The number of unbranched alkanes of at least 4 members (excludes halogenated alkanes) is 2. The summed E-state index contributed by atoms with van der Waals surface area (Å²) in [4.78, 5) is 25.8. The second kappa shape index (κ2) is 9.75. The highest BCUT2D eigenvalue weighted by atomic mass is 35.5. The first kappa shape index (κ1) is 22.4. The molecule has 0 aliphatic rings. The summed E-state index contributed by atoms with van der Waals surface area (Å²) in [6.45, 7) is 4.52. The van der Waals surface area contributed by atoms with Crippen LogP contribution in [0.5, 0.6) is 0 Å². The van der Waals surface area contributed by atoms with Gasteiger partial charge in [-0.1, -0.05) is 55.3 Å². The second-order valence-electron chi connectivity index (χ2n) is 7.56. The van der Waals surface area contributed by atoms with Gasteiger partial charge in [-0.25, -0.2) is 0 Å². The Morgan fingerprint density at radius 2 is 1.88 bits per heavy atom. The highest BCUT2D eigenvalue weighted by Crippen LogP contribution is 2.26. The van der Waals surface area contributed by atoms with Crippen LogP contribution >= 0.6 is 23.4 Å². The van der Waals surface area contributed by atoms with Gasteiger partial charge >= 0.3 is 0 Å². The van der Waals surface area contributed by atoms with Gasteiger partial charge in [-0.05, 0) is 49.7 Å². The Hall–Kier alpha value is -2.84. The monoisotopic (exact) mass is 469 g/mol. The summed E-state index contributed by atoms with van der Waals surface area (Å²) in [5.74, 6) is 0.340. The predicted octanol–water partition coefficient (Wildman–Crippen LogP) is 5.01. The Kier molecular flexibility index (Phi) is 6.81.